The van der Waals surface area contributed by atoms with E-state index in [2.05, 4.69) is 26.1 Å². The molecule has 4 aromatic rings. The van der Waals surface area contributed by atoms with Gasteiger partial charge in [-0.05, 0) is 53.2 Å². The average molecular weight is 468 g/mol. The molecule has 174 valence electrons. The Morgan fingerprint density at radius 3 is 2.40 bits per heavy atom. The fourth-order valence-electron chi connectivity index (χ4n) is 3.16. The molecule has 0 radical (unpaired) electrons. The van der Waals surface area contributed by atoms with E-state index in [9.17, 15) is 20.0 Å². The van der Waals surface area contributed by atoms with Crippen LogP contribution < -0.4 is 10.7 Å². The Morgan fingerprint density at radius 2 is 1.63 bits per heavy atom. The number of phenolic OH excluding ortho intramolecular Hbond substituents is 1. The molecule has 35 heavy (non-hydrogen) atoms. The zero-order chi connectivity index (χ0) is 24.6. The van der Waals surface area contributed by atoms with E-state index in [1.54, 1.807) is 6.07 Å². The zero-order valence-electron chi connectivity index (χ0n) is 18.3. The van der Waals surface area contributed by atoms with Gasteiger partial charge in [0.1, 0.15) is 5.75 Å². The highest BCUT2D eigenvalue weighted by atomic mass is 16.6. The van der Waals surface area contributed by atoms with E-state index in [4.69, 9.17) is 0 Å². The fourth-order valence-corrected chi connectivity index (χ4v) is 3.16. The molecule has 10 nitrogen and oxygen atoms in total. The number of amides is 1. The predicted octanol–water partition coefficient (Wildman–Crippen LogP) is 5.43. The first-order chi connectivity index (χ1) is 17.0. The number of aromatic hydroxyl groups is 1. The number of nitro groups is 1. The Balaban J connectivity index is 1.33. The first kappa shape index (κ1) is 23.1. The fraction of sp³-hybridized carbons (Fsp3) is 0.0400. The van der Waals surface area contributed by atoms with Crippen LogP contribution >= 0.6 is 0 Å². The summed E-state index contributed by atoms with van der Waals surface area (Å²) in [4.78, 5) is 22.3. The molecule has 0 aliphatic heterocycles. The summed E-state index contributed by atoms with van der Waals surface area (Å²) >= 11 is 0. The number of hydrogen-bond acceptors (Lipinski definition) is 8. The normalized spacial score (nSPS) is 11.2. The molecule has 0 saturated carbocycles. The van der Waals surface area contributed by atoms with Crippen LogP contribution in [0.4, 0.5) is 22.7 Å². The van der Waals surface area contributed by atoms with Gasteiger partial charge in [0.2, 0.25) is 0 Å². The molecule has 0 unspecified atom stereocenters. The Kier molecular flexibility index (Phi) is 7.02. The third kappa shape index (κ3) is 6.23. The molecule has 0 bridgehead atoms. The van der Waals surface area contributed by atoms with Crippen LogP contribution in [-0.4, -0.2) is 28.7 Å². The van der Waals surface area contributed by atoms with Crippen molar-refractivity contribution in [2.45, 2.75) is 0 Å². The summed E-state index contributed by atoms with van der Waals surface area (Å²) in [6.07, 6.45) is 1.30. The molecule has 4 aromatic carbocycles. The Bertz CT molecular complexity index is 1430. The number of hydrogen-bond donors (Lipinski definition) is 3. The highest BCUT2D eigenvalue weighted by molar-refractivity contribution is 5.88. The number of carbonyl (C=O) groups excluding carboxylic acids is 1. The summed E-state index contributed by atoms with van der Waals surface area (Å²) in [6, 6.07) is 23.9. The number of non-ortho nitro benzene ring substituents is 1. The molecule has 0 spiro atoms. The third-order valence-corrected chi connectivity index (χ3v) is 4.95. The van der Waals surface area contributed by atoms with Gasteiger partial charge in [-0.2, -0.15) is 15.3 Å². The van der Waals surface area contributed by atoms with Crippen molar-refractivity contribution in [2.75, 3.05) is 11.9 Å². The summed E-state index contributed by atoms with van der Waals surface area (Å²) in [5, 5.41) is 38.0. The standard InChI is InChI=1S/C25H20N6O4/c32-24-12-9-22(29-28-20-7-10-23(11-8-20)31(34)35)14-19(24)15-27-30-25(33)16-26-21-6-5-17-3-1-2-4-18(17)13-21/h1-15,26,32H,16H2,(H,30,33)/b27-15+,29-28?. The highest BCUT2D eigenvalue weighted by Gasteiger charge is 2.05. The van der Waals surface area contributed by atoms with Crippen molar-refractivity contribution in [2.24, 2.45) is 15.3 Å². The van der Waals surface area contributed by atoms with Crippen molar-refractivity contribution >= 4 is 45.6 Å². The van der Waals surface area contributed by atoms with E-state index in [-0.39, 0.29) is 23.9 Å². The van der Waals surface area contributed by atoms with Crippen LogP contribution in [-0.2, 0) is 4.79 Å². The van der Waals surface area contributed by atoms with Gasteiger partial charge in [0.15, 0.2) is 0 Å². The van der Waals surface area contributed by atoms with Crippen LogP contribution in [0.1, 0.15) is 5.56 Å². The van der Waals surface area contributed by atoms with Gasteiger partial charge in [0.05, 0.1) is 29.1 Å². The molecular weight excluding hydrogens is 448 g/mol. The van der Waals surface area contributed by atoms with Crippen LogP contribution in [0, 0.1) is 10.1 Å². The number of fused-ring (bicyclic) bond motifs is 1. The lowest BCUT2D eigenvalue weighted by Gasteiger charge is -2.07. The van der Waals surface area contributed by atoms with Crippen LogP contribution in [0.5, 0.6) is 5.75 Å². The molecule has 3 N–H and O–H groups in total. The molecule has 4 rings (SSSR count). The molecule has 0 fully saturated rings. The van der Waals surface area contributed by atoms with Crippen LogP contribution in [0.2, 0.25) is 0 Å². The van der Waals surface area contributed by atoms with Gasteiger partial charge in [-0.25, -0.2) is 5.43 Å². The topological polar surface area (TPSA) is 142 Å². The number of anilines is 1. The maximum Gasteiger partial charge on any atom is 0.269 e. The number of nitrogens with one attached hydrogen (secondary N) is 2. The smallest absolute Gasteiger partial charge is 0.269 e. The lowest BCUT2D eigenvalue weighted by Crippen LogP contribution is -2.25. The van der Waals surface area contributed by atoms with Crippen LogP contribution in [0.25, 0.3) is 10.8 Å². The van der Waals surface area contributed by atoms with E-state index in [0.29, 0.717) is 16.9 Å². The molecule has 0 aliphatic rings. The minimum absolute atomic E-state index is 0.0190. The van der Waals surface area contributed by atoms with Gasteiger partial charge < -0.3 is 10.4 Å². The molecule has 0 aliphatic carbocycles. The monoisotopic (exact) mass is 468 g/mol. The number of azo groups is 1. The summed E-state index contributed by atoms with van der Waals surface area (Å²) in [5.74, 6) is -0.408. The minimum atomic E-state index is -0.495. The largest absolute Gasteiger partial charge is 0.507 e. The molecule has 0 aromatic heterocycles. The van der Waals surface area contributed by atoms with Gasteiger partial charge in [0, 0.05) is 23.4 Å². The Labute approximate surface area is 199 Å². The van der Waals surface area contributed by atoms with Crippen LogP contribution in [0.15, 0.2) is 100 Å². The van der Waals surface area contributed by atoms with Crippen molar-refractivity contribution in [3.63, 3.8) is 0 Å². The number of phenols is 1. The quantitative estimate of drug-likeness (QED) is 0.137. The average Bonchev–Trinajstić information content (AvgIpc) is 2.88. The van der Waals surface area contributed by atoms with Crippen molar-refractivity contribution in [1.29, 1.82) is 0 Å². The number of benzene rings is 4. The van der Waals surface area contributed by atoms with Crippen molar-refractivity contribution < 1.29 is 14.8 Å². The van der Waals surface area contributed by atoms with E-state index in [1.807, 2.05) is 42.5 Å². The van der Waals surface area contributed by atoms with E-state index >= 15 is 0 Å². The highest BCUT2D eigenvalue weighted by Crippen LogP contribution is 2.25. The van der Waals surface area contributed by atoms with Gasteiger partial charge in [-0.3, -0.25) is 14.9 Å². The lowest BCUT2D eigenvalue weighted by atomic mass is 10.1. The Hall–Kier alpha value is -5.12. The molecule has 1 amide bonds. The molecule has 0 heterocycles. The van der Waals surface area contributed by atoms with Crippen molar-refractivity contribution in [1.82, 2.24) is 5.43 Å². The van der Waals surface area contributed by atoms with Crippen molar-refractivity contribution in [3.05, 3.63) is 101 Å². The molecule has 0 saturated heterocycles. The third-order valence-electron chi connectivity index (χ3n) is 4.95. The molecule has 10 heteroatoms. The first-order valence-corrected chi connectivity index (χ1v) is 10.5. The second-order valence-electron chi connectivity index (χ2n) is 7.43. The number of hydrazone groups is 1. The predicted molar refractivity (Wildman–Crippen MR) is 134 cm³/mol. The van der Waals surface area contributed by atoms with E-state index in [0.717, 1.165) is 16.5 Å². The number of nitrogens with zero attached hydrogens (tertiary/aromatic N) is 4. The molecular formula is C25H20N6O4. The summed E-state index contributed by atoms with van der Waals surface area (Å²) in [7, 11) is 0. The minimum Gasteiger partial charge on any atom is -0.507 e. The summed E-state index contributed by atoms with van der Waals surface area (Å²) in [6.45, 7) is 0.0190. The van der Waals surface area contributed by atoms with Gasteiger partial charge >= 0.3 is 0 Å². The van der Waals surface area contributed by atoms with Crippen LogP contribution in [0.3, 0.4) is 0 Å². The lowest BCUT2D eigenvalue weighted by molar-refractivity contribution is -0.384. The SMILES string of the molecule is O=C(CNc1ccc2ccccc2c1)N/N=C/c1cc(N=Nc2ccc([N+](=O)[O-])cc2)ccc1O. The maximum atomic E-state index is 12.1. The number of rotatable bonds is 8. The Morgan fingerprint density at radius 1 is 0.914 bits per heavy atom. The van der Waals surface area contributed by atoms with Gasteiger partial charge in [-0.15, -0.1) is 0 Å². The summed E-state index contributed by atoms with van der Waals surface area (Å²) in [5.41, 5.74) is 4.36. The second kappa shape index (κ2) is 10.7. The number of carbonyl (C=O) groups is 1. The summed E-state index contributed by atoms with van der Waals surface area (Å²) < 4.78 is 0. The first-order valence-electron chi connectivity index (χ1n) is 10.5. The van der Waals surface area contributed by atoms with E-state index < -0.39 is 4.92 Å². The van der Waals surface area contributed by atoms with Gasteiger partial charge in [0.25, 0.3) is 11.6 Å². The van der Waals surface area contributed by atoms with Crippen molar-refractivity contribution in [3.8, 4) is 5.75 Å². The number of nitro benzene ring substituents is 1. The molecule has 0 atom stereocenters. The maximum absolute atomic E-state index is 12.1. The zero-order valence-corrected chi connectivity index (χ0v) is 18.3. The second-order valence-corrected chi connectivity index (χ2v) is 7.43. The van der Waals surface area contributed by atoms with Gasteiger partial charge in [-0.1, -0.05) is 30.3 Å². The van der Waals surface area contributed by atoms with E-state index in [1.165, 1.54) is 42.6 Å².